The van der Waals surface area contributed by atoms with Crippen LogP contribution in [-0.2, 0) is 11.3 Å². The minimum Gasteiger partial charge on any atom is -0.385 e. The largest absolute Gasteiger partial charge is 0.385 e. The zero-order chi connectivity index (χ0) is 17.8. The van der Waals surface area contributed by atoms with Crippen molar-refractivity contribution in [2.24, 2.45) is 4.99 Å². The van der Waals surface area contributed by atoms with Gasteiger partial charge in [0.15, 0.2) is 5.96 Å². The highest BCUT2D eigenvalue weighted by Crippen LogP contribution is 2.11. The van der Waals surface area contributed by atoms with Gasteiger partial charge in [-0.15, -0.1) is 24.0 Å². The van der Waals surface area contributed by atoms with Crippen LogP contribution in [0.4, 0.5) is 0 Å². The van der Waals surface area contributed by atoms with Crippen LogP contribution in [0.15, 0.2) is 23.2 Å². The van der Waals surface area contributed by atoms with Gasteiger partial charge in [-0.3, -0.25) is 0 Å². The van der Waals surface area contributed by atoms with Crippen molar-refractivity contribution in [2.75, 3.05) is 46.9 Å². The Kier molecular flexibility index (Phi) is 13.8. The molecule has 0 saturated carbocycles. The fourth-order valence-electron chi connectivity index (χ4n) is 2.48. The zero-order valence-electron chi connectivity index (χ0n) is 16.4. The van der Waals surface area contributed by atoms with E-state index in [0.717, 1.165) is 45.2 Å². The van der Waals surface area contributed by atoms with Crippen LogP contribution in [0.25, 0.3) is 0 Å². The van der Waals surface area contributed by atoms with E-state index in [1.807, 2.05) is 0 Å². The fourth-order valence-corrected chi connectivity index (χ4v) is 2.48. The summed E-state index contributed by atoms with van der Waals surface area (Å²) in [6.07, 6.45) is 1.06. The van der Waals surface area contributed by atoms with Gasteiger partial charge in [-0.05, 0) is 45.4 Å². The topological polar surface area (TPSA) is 48.9 Å². The molecule has 0 aromatic heterocycles. The molecule has 1 aromatic carbocycles. The average Bonchev–Trinajstić information content (AvgIpc) is 2.54. The molecule has 0 fully saturated rings. The van der Waals surface area contributed by atoms with Gasteiger partial charge in [-0.2, -0.15) is 0 Å². The number of aliphatic imine (C=N–C) groups is 1. The Morgan fingerprint density at radius 1 is 1.20 bits per heavy atom. The minimum atomic E-state index is 0. The highest BCUT2D eigenvalue weighted by Gasteiger charge is 2.02. The Morgan fingerprint density at radius 3 is 2.60 bits per heavy atom. The zero-order valence-corrected chi connectivity index (χ0v) is 18.7. The second-order valence-corrected chi connectivity index (χ2v) is 6.20. The van der Waals surface area contributed by atoms with Crippen molar-refractivity contribution in [3.05, 3.63) is 34.9 Å². The lowest BCUT2D eigenvalue weighted by Gasteiger charge is -2.18. The number of benzene rings is 1. The maximum Gasteiger partial charge on any atom is 0.191 e. The molecule has 144 valence electrons. The molecular weight excluding hydrogens is 427 g/mol. The first-order valence-electron chi connectivity index (χ1n) is 8.82. The monoisotopic (exact) mass is 462 g/mol. The van der Waals surface area contributed by atoms with Crippen LogP contribution >= 0.6 is 24.0 Å². The average molecular weight is 462 g/mol. The quantitative estimate of drug-likeness (QED) is 0.243. The second kappa shape index (κ2) is 14.3. The number of methoxy groups -OCH3 is 1. The Balaban J connectivity index is 0.00000576. The smallest absolute Gasteiger partial charge is 0.191 e. The van der Waals surface area contributed by atoms with Crippen molar-refractivity contribution < 1.29 is 4.74 Å². The third-order valence-corrected chi connectivity index (χ3v) is 3.92. The molecule has 1 aromatic rings. The van der Waals surface area contributed by atoms with Gasteiger partial charge < -0.3 is 20.3 Å². The van der Waals surface area contributed by atoms with Crippen molar-refractivity contribution in [3.63, 3.8) is 0 Å². The van der Waals surface area contributed by atoms with Crippen LogP contribution < -0.4 is 10.6 Å². The van der Waals surface area contributed by atoms with Gasteiger partial charge in [0.25, 0.3) is 0 Å². The van der Waals surface area contributed by atoms with E-state index >= 15 is 0 Å². The summed E-state index contributed by atoms with van der Waals surface area (Å²) in [7, 11) is 3.88. The Bertz CT molecular complexity index is 508. The molecule has 0 aliphatic heterocycles. The molecule has 25 heavy (non-hydrogen) atoms. The van der Waals surface area contributed by atoms with E-state index in [9.17, 15) is 0 Å². The molecule has 0 amide bonds. The first kappa shape index (κ1) is 24.1. The number of hydrogen-bond acceptors (Lipinski definition) is 3. The van der Waals surface area contributed by atoms with Gasteiger partial charge >= 0.3 is 0 Å². The lowest BCUT2D eigenvalue weighted by Crippen LogP contribution is -2.41. The molecule has 0 radical (unpaired) electrons. The Morgan fingerprint density at radius 2 is 1.96 bits per heavy atom. The number of halogens is 1. The van der Waals surface area contributed by atoms with Crippen LogP contribution in [0.1, 0.15) is 30.0 Å². The van der Waals surface area contributed by atoms with Crippen molar-refractivity contribution in [3.8, 4) is 0 Å². The molecule has 0 bridgehead atoms. The lowest BCUT2D eigenvalue weighted by atomic mass is 10.1. The molecule has 0 aliphatic carbocycles. The highest BCUT2D eigenvalue weighted by atomic mass is 127. The molecule has 0 spiro atoms. The first-order chi connectivity index (χ1) is 11.6. The molecule has 2 N–H and O–H groups in total. The van der Waals surface area contributed by atoms with Crippen LogP contribution in [0, 0.1) is 13.8 Å². The normalized spacial score (nSPS) is 11.4. The van der Waals surface area contributed by atoms with Gasteiger partial charge in [0.2, 0.25) is 0 Å². The minimum absolute atomic E-state index is 0. The summed E-state index contributed by atoms with van der Waals surface area (Å²) in [5, 5.41) is 6.72. The van der Waals surface area contributed by atoms with E-state index < -0.39 is 0 Å². The summed E-state index contributed by atoms with van der Waals surface area (Å²) in [4.78, 5) is 7.01. The predicted octanol–water partition coefficient (Wildman–Crippen LogP) is 2.94. The van der Waals surface area contributed by atoms with Crippen molar-refractivity contribution in [2.45, 2.75) is 33.7 Å². The molecule has 0 heterocycles. The molecule has 0 aliphatic rings. The van der Waals surface area contributed by atoms with Crippen LogP contribution in [0.5, 0.6) is 0 Å². The molecule has 5 nitrogen and oxygen atoms in total. The van der Waals surface area contributed by atoms with Crippen molar-refractivity contribution >= 4 is 29.9 Å². The number of aryl methyl sites for hydroxylation is 2. The van der Waals surface area contributed by atoms with E-state index in [4.69, 9.17) is 9.73 Å². The number of guanidine groups is 1. The molecule has 6 heteroatoms. The second-order valence-electron chi connectivity index (χ2n) is 6.20. The molecular formula is C19H35IN4O. The van der Waals surface area contributed by atoms with Gasteiger partial charge in [-0.25, -0.2) is 4.99 Å². The van der Waals surface area contributed by atoms with E-state index in [2.05, 4.69) is 61.6 Å². The summed E-state index contributed by atoms with van der Waals surface area (Å²) in [5.41, 5.74) is 3.86. The SMILES string of the molecule is CCNC(=NCc1ccc(C)cc1C)NCCN(C)CCCOC.I. The van der Waals surface area contributed by atoms with Gasteiger partial charge in [0.1, 0.15) is 0 Å². The van der Waals surface area contributed by atoms with Crippen LogP contribution in [-0.4, -0.2) is 57.8 Å². The molecule has 0 unspecified atom stereocenters. The maximum atomic E-state index is 5.09. The molecule has 1 rings (SSSR count). The summed E-state index contributed by atoms with van der Waals surface area (Å²) in [6.45, 7) is 11.6. The van der Waals surface area contributed by atoms with Gasteiger partial charge in [0.05, 0.1) is 6.54 Å². The number of nitrogens with one attached hydrogen (secondary N) is 2. The third kappa shape index (κ3) is 10.7. The Labute approximate surface area is 170 Å². The summed E-state index contributed by atoms with van der Waals surface area (Å²) in [5.74, 6) is 0.878. The molecule has 0 atom stereocenters. The van der Waals surface area contributed by atoms with Crippen LogP contribution in [0.2, 0.25) is 0 Å². The predicted molar refractivity (Wildman–Crippen MR) is 118 cm³/mol. The fraction of sp³-hybridized carbons (Fsp3) is 0.632. The number of rotatable bonds is 10. The summed E-state index contributed by atoms with van der Waals surface area (Å²) >= 11 is 0. The van der Waals surface area contributed by atoms with E-state index in [1.54, 1.807) is 7.11 Å². The Hall–Kier alpha value is -0.860. The molecule has 0 saturated heterocycles. The van der Waals surface area contributed by atoms with E-state index in [0.29, 0.717) is 6.54 Å². The number of hydrogen-bond donors (Lipinski definition) is 2. The van der Waals surface area contributed by atoms with E-state index in [1.165, 1.54) is 16.7 Å². The summed E-state index contributed by atoms with van der Waals surface area (Å²) < 4.78 is 5.09. The number of likely N-dealkylation sites (N-methyl/N-ethyl adjacent to an activating group) is 1. The number of ether oxygens (including phenoxy) is 1. The third-order valence-electron chi connectivity index (χ3n) is 3.92. The van der Waals surface area contributed by atoms with Gasteiger partial charge in [-0.1, -0.05) is 23.8 Å². The van der Waals surface area contributed by atoms with Crippen molar-refractivity contribution in [1.29, 1.82) is 0 Å². The first-order valence-corrected chi connectivity index (χ1v) is 8.82. The highest BCUT2D eigenvalue weighted by molar-refractivity contribution is 14.0. The number of nitrogens with zero attached hydrogens (tertiary/aromatic N) is 2. The van der Waals surface area contributed by atoms with Crippen molar-refractivity contribution in [1.82, 2.24) is 15.5 Å². The standard InChI is InChI=1S/C19H34N4O.HI/c1-6-20-19(21-10-12-23(4)11-7-13-24-5)22-15-18-9-8-16(2)14-17(18)3;/h8-9,14H,6-7,10-13,15H2,1-5H3,(H2,20,21,22);1H. The van der Waals surface area contributed by atoms with Gasteiger partial charge in [0, 0.05) is 39.9 Å². The van der Waals surface area contributed by atoms with Crippen LogP contribution in [0.3, 0.4) is 0 Å². The van der Waals surface area contributed by atoms with E-state index in [-0.39, 0.29) is 24.0 Å². The summed E-state index contributed by atoms with van der Waals surface area (Å²) in [6, 6.07) is 6.52. The lowest BCUT2D eigenvalue weighted by molar-refractivity contribution is 0.180. The maximum absolute atomic E-state index is 5.09.